The van der Waals surface area contributed by atoms with Gasteiger partial charge in [0.2, 0.25) is 0 Å². The Morgan fingerprint density at radius 1 is 1.47 bits per heavy atom. The van der Waals surface area contributed by atoms with Gasteiger partial charge in [-0.05, 0) is 31.4 Å². The summed E-state index contributed by atoms with van der Waals surface area (Å²) < 4.78 is 0. The van der Waals surface area contributed by atoms with Gasteiger partial charge < -0.3 is 0 Å². The predicted molar refractivity (Wildman–Crippen MR) is 59.6 cm³/mol. The predicted octanol–water partition coefficient (Wildman–Crippen LogP) is 3.04. The Balaban J connectivity index is 3.13. The first-order chi connectivity index (χ1) is 7.11. The van der Waals surface area contributed by atoms with Crippen molar-refractivity contribution in [1.29, 1.82) is 5.26 Å². The van der Waals surface area contributed by atoms with Crippen LogP contribution < -0.4 is 0 Å². The van der Waals surface area contributed by atoms with Crippen molar-refractivity contribution in [3.8, 4) is 6.07 Å². The van der Waals surface area contributed by atoms with Crippen molar-refractivity contribution >= 4 is 5.78 Å². The van der Waals surface area contributed by atoms with Crippen LogP contribution in [0, 0.1) is 31.1 Å². The molecule has 0 aliphatic rings. The van der Waals surface area contributed by atoms with Gasteiger partial charge >= 0.3 is 0 Å². The van der Waals surface area contributed by atoms with Crippen molar-refractivity contribution in [3.63, 3.8) is 0 Å². The zero-order valence-electron chi connectivity index (χ0n) is 9.37. The van der Waals surface area contributed by atoms with Gasteiger partial charge in [0, 0.05) is 5.56 Å². The van der Waals surface area contributed by atoms with Crippen LogP contribution >= 0.6 is 0 Å². The van der Waals surface area contributed by atoms with Crippen LogP contribution in [0.2, 0.25) is 0 Å². The lowest BCUT2D eigenvalue weighted by atomic mass is 9.92. The third-order valence-corrected chi connectivity index (χ3v) is 2.75. The van der Waals surface area contributed by atoms with Crippen LogP contribution in [0.4, 0.5) is 0 Å². The van der Waals surface area contributed by atoms with Crippen LogP contribution in [0.25, 0.3) is 0 Å². The molecular weight excluding hydrogens is 186 g/mol. The number of Topliss-reactive ketones (excluding diaryl/α,β-unsaturated/α-hetero) is 1. The van der Waals surface area contributed by atoms with E-state index in [1.807, 2.05) is 39.0 Å². The van der Waals surface area contributed by atoms with E-state index in [1.54, 1.807) is 6.07 Å². The molecule has 0 aliphatic heterocycles. The summed E-state index contributed by atoms with van der Waals surface area (Å²) in [5, 5.41) is 8.85. The molecule has 0 bridgehead atoms. The first-order valence-corrected chi connectivity index (χ1v) is 5.11. The van der Waals surface area contributed by atoms with E-state index in [9.17, 15) is 4.79 Å². The molecule has 0 N–H and O–H groups in total. The minimum atomic E-state index is -0.509. The van der Waals surface area contributed by atoms with Crippen molar-refractivity contribution in [2.75, 3.05) is 0 Å². The van der Waals surface area contributed by atoms with Gasteiger partial charge in [-0.1, -0.05) is 25.1 Å². The van der Waals surface area contributed by atoms with Crippen LogP contribution in [0.3, 0.4) is 0 Å². The fourth-order valence-corrected chi connectivity index (χ4v) is 1.54. The lowest BCUT2D eigenvalue weighted by molar-refractivity contribution is 0.0946. The maximum Gasteiger partial charge on any atom is 0.180 e. The molecule has 0 fully saturated rings. The lowest BCUT2D eigenvalue weighted by Crippen LogP contribution is -2.13. The molecule has 1 unspecified atom stereocenters. The van der Waals surface area contributed by atoms with E-state index in [0.29, 0.717) is 12.0 Å². The number of carbonyl (C=O) groups excluding carboxylic acids is 1. The first kappa shape index (κ1) is 11.5. The highest BCUT2D eigenvalue weighted by atomic mass is 16.1. The zero-order chi connectivity index (χ0) is 11.4. The van der Waals surface area contributed by atoms with Crippen molar-refractivity contribution < 1.29 is 4.79 Å². The van der Waals surface area contributed by atoms with Gasteiger partial charge in [-0.25, -0.2) is 0 Å². The number of benzene rings is 1. The summed E-state index contributed by atoms with van der Waals surface area (Å²) in [7, 11) is 0. The molecule has 78 valence electrons. The zero-order valence-corrected chi connectivity index (χ0v) is 9.37. The minimum Gasteiger partial charge on any atom is -0.293 e. The van der Waals surface area contributed by atoms with Crippen molar-refractivity contribution in [2.24, 2.45) is 5.92 Å². The van der Waals surface area contributed by atoms with Gasteiger partial charge in [0.25, 0.3) is 0 Å². The number of aryl methyl sites for hydroxylation is 1. The van der Waals surface area contributed by atoms with Gasteiger partial charge in [0.15, 0.2) is 5.78 Å². The summed E-state index contributed by atoms with van der Waals surface area (Å²) in [5.41, 5.74) is 2.76. The van der Waals surface area contributed by atoms with Crippen molar-refractivity contribution in [1.82, 2.24) is 0 Å². The molecule has 2 heteroatoms. The number of nitrogens with zero attached hydrogens (tertiary/aromatic N) is 1. The number of nitriles is 1. The molecule has 2 nitrogen and oxygen atoms in total. The van der Waals surface area contributed by atoms with E-state index in [0.717, 1.165) is 11.1 Å². The van der Waals surface area contributed by atoms with Crippen LogP contribution in [0.1, 0.15) is 34.8 Å². The Morgan fingerprint density at radius 2 is 2.13 bits per heavy atom. The van der Waals surface area contributed by atoms with E-state index in [1.165, 1.54) is 0 Å². The van der Waals surface area contributed by atoms with Gasteiger partial charge in [0.05, 0.1) is 6.07 Å². The highest BCUT2D eigenvalue weighted by Crippen LogP contribution is 2.18. The number of carbonyl (C=O) groups is 1. The molecule has 0 spiro atoms. The van der Waals surface area contributed by atoms with Crippen molar-refractivity contribution in [3.05, 3.63) is 34.9 Å². The Bertz CT molecular complexity index is 415. The Labute approximate surface area is 90.5 Å². The van der Waals surface area contributed by atoms with E-state index >= 15 is 0 Å². The Morgan fingerprint density at radius 3 is 2.67 bits per heavy atom. The molecule has 0 amide bonds. The SMILES string of the molecule is CCC(C#N)C(=O)c1cccc(C)c1C. The molecule has 1 atom stereocenters. The molecule has 15 heavy (non-hydrogen) atoms. The summed E-state index contributed by atoms with van der Waals surface area (Å²) in [4.78, 5) is 12.0. The molecule has 1 rings (SSSR count). The van der Waals surface area contributed by atoms with Gasteiger partial charge in [0.1, 0.15) is 5.92 Å². The van der Waals surface area contributed by atoms with E-state index in [4.69, 9.17) is 5.26 Å². The highest BCUT2D eigenvalue weighted by Gasteiger charge is 2.19. The van der Waals surface area contributed by atoms with Crippen LogP contribution in [-0.2, 0) is 0 Å². The smallest absolute Gasteiger partial charge is 0.180 e. The summed E-state index contributed by atoms with van der Waals surface area (Å²) in [6, 6.07) is 7.68. The maximum atomic E-state index is 12.0. The van der Waals surface area contributed by atoms with Crippen LogP contribution in [-0.4, -0.2) is 5.78 Å². The topological polar surface area (TPSA) is 40.9 Å². The second-order valence-electron chi connectivity index (χ2n) is 3.70. The summed E-state index contributed by atoms with van der Waals surface area (Å²) in [6.45, 7) is 5.75. The van der Waals surface area contributed by atoms with Gasteiger partial charge in [-0.3, -0.25) is 4.79 Å². The average Bonchev–Trinajstić information content (AvgIpc) is 2.23. The molecule has 0 saturated heterocycles. The van der Waals surface area contributed by atoms with Crippen LogP contribution in [0.15, 0.2) is 18.2 Å². The van der Waals surface area contributed by atoms with E-state index in [-0.39, 0.29) is 5.78 Å². The molecular formula is C13H15NO. The minimum absolute atomic E-state index is 0.0544. The standard InChI is InChI=1S/C13H15NO/c1-4-11(8-14)13(15)12-7-5-6-9(2)10(12)3/h5-7,11H,4H2,1-3H3. The van der Waals surface area contributed by atoms with Crippen LogP contribution in [0.5, 0.6) is 0 Å². The average molecular weight is 201 g/mol. The number of hydrogen-bond donors (Lipinski definition) is 0. The largest absolute Gasteiger partial charge is 0.293 e. The van der Waals surface area contributed by atoms with Crippen molar-refractivity contribution in [2.45, 2.75) is 27.2 Å². The summed E-state index contributed by atoms with van der Waals surface area (Å²) in [5.74, 6) is -0.563. The Hall–Kier alpha value is -1.62. The monoisotopic (exact) mass is 201 g/mol. The fourth-order valence-electron chi connectivity index (χ4n) is 1.54. The number of hydrogen-bond acceptors (Lipinski definition) is 2. The lowest BCUT2D eigenvalue weighted by Gasteiger charge is -2.09. The fraction of sp³-hybridized carbons (Fsp3) is 0.385. The molecule has 0 radical (unpaired) electrons. The highest BCUT2D eigenvalue weighted by molar-refractivity contribution is 6.00. The molecule has 0 aliphatic carbocycles. The summed E-state index contributed by atoms with van der Waals surface area (Å²) >= 11 is 0. The first-order valence-electron chi connectivity index (χ1n) is 5.11. The maximum absolute atomic E-state index is 12.0. The van der Waals surface area contributed by atoms with E-state index in [2.05, 4.69) is 0 Å². The van der Waals surface area contributed by atoms with Gasteiger partial charge in [-0.15, -0.1) is 0 Å². The molecule has 1 aromatic carbocycles. The normalized spacial score (nSPS) is 11.9. The van der Waals surface area contributed by atoms with E-state index < -0.39 is 5.92 Å². The second kappa shape index (κ2) is 4.75. The molecule has 0 aromatic heterocycles. The quantitative estimate of drug-likeness (QED) is 0.705. The third kappa shape index (κ3) is 2.24. The second-order valence-corrected chi connectivity index (χ2v) is 3.70. The molecule has 0 heterocycles. The number of ketones is 1. The molecule has 0 saturated carbocycles. The third-order valence-electron chi connectivity index (χ3n) is 2.75. The van der Waals surface area contributed by atoms with Gasteiger partial charge in [-0.2, -0.15) is 5.26 Å². The number of rotatable bonds is 3. The summed E-state index contributed by atoms with van der Waals surface area (Å²) in [6.07, 6.45) is 0.572. The Kier molecular flexibility index (Phi) is 3.62. The molecule has 1 aromatic rings.